The molecule has 2 rings (SSSR count). The van der Waals surface area contributed by atoms with Crippen molar-refractivity contribution < 1.29 is 41.8 Å². The number of hydrogen-bond donors (Lipinski definition) is 0. The summed E-state index contributed by atoms with van der Waals surface area (Å²) in [6, 6.07) is 12.4. The molecule has 10 heteroatoms. The molecule has 0 heterocycles. The molecule has 38 heavy (non-hydrogen) atoms. The van der Waals surface area contributed by atoms with Crippen LogP contribution in [-0.4, -0.2) is 61.4 Å². The van der Waals surface area contributed by atoms with Crippen molar-refractivity contribution in [2.75, 3.05) is 40.6 Å². The first-order valence-electron chi connectivity index (χ1n) is 12.7. The Labute approximate surface area is 226 Å². The quantitative estimate of drug-likeness (QED) is 0.0859. The van der Waals surface area contributed by atoms with Gasteiger partial charge in [-0.2, -0.15) is 0 Å². The van der Waals surface area contributed by atoms with Crippen LogP contribution >= 0.6 is 0 Å². The van der Waals surface area contributed by atoms with Crippen LogP contribution in [0.15, 0.2) is 48.5 Å². The van der Waals surface area contributed by atoms with Gasteiger partial charge in [-0.1, -0.05) is 0 Å². The van der Waals surface area contributed by atoms with Gasteiger partial charge in [0.2, 0.25) is 0 Å². The summed E-state index contributed by atoms with van der Waals surface area (Å²) in [5.41, 5.74) is 1.02. The van der Waals surface area contributed by atoms with Gasteiger partial charge in [0.15, 0.2) is 0 Å². The van der Waals surface area contributed by atoms with Gasteiger partial charge in [0, 0.05) is 43.6 Å². The topological polar surface area (TPSA) is 98.8 Å². The molecule has 0 aliphatic carbocycles. The first-order chi connectivity index (χ1) is 18.4. The Hall–Kier alpha value is -3.18. The van der Waals surface area contributed by atoms with Crippen LogP contribution in [0.2, 0.25) is 6.04 Å². The largest absolute Gasteiger partial charge is 0.500 e. The zero-order chi connectivity index (χ0) is 27.8. The summed E-state index contributed by atoms with van der Waals surface area (Å²) < 4.78 is 38.9. The van der Waals surface area contributed by atoms with Crippen LogP contribution in [0.4, 0.5) is 0 Å². The number of ether oxygens (including phenoxy) is 4. The second-order valence-electron chi connectivity index (χ2n) is 7.96. The van der Waals surface area contributed by atoms with Gasteiger partial charge in [0.1, 0.15) is 17.2 Å². The highest BCUT2D eigenvalue weighted by Crippen LogP contribution is 2.27. The number of rotatable bonds is 17. The maximum Gasteiger partial charge on any atom is 0.500 e. The minimum atomic E-state index is -2.63. The van der Waals surface area contributed by atoms with Gasteiger partial charge in [-0.05, 0) is 76.1 Å². The number of benzene rings is 2. The molecule has 2 aromatic rings. The Kier molecular flexibility index (Phi) is 13.6. The molecular formula is C28H38O9Si. The molecule has 0 N–H and O–H groups in total. The van der Waals surface area contributed by atoms with Gasteiger partial charge in [0.25, 0.3) is 0 Å². The molecule has 0 radical (unpaired) electrons. The van der Waals surface area contributed by atoms with E-state index in [1.165, 1.54) is 20.3 Å². The van der Waals surface area contributed by atoms with E-state index < -0.39 is 20.7 Å². The summed E-state index contributed by atoms with van der Waals surface area (Å²) in [5, 5.41) is 0. The highest BCUT2D eigenvalue weighted by molar-refractivity contribution is 6.60. The van der Waals surface area contributed by atoms with Crippen molar-refractivity contribution in [1.29, 1.82) is 0 Å². The van der Waals surface area contributed by atoms with Crippen LogP contribution in [0.25, 0.3) is 6.08 Å². The van der Waals surface area contributed by atoms with Crippen molar-refractivity contribution in [2.45, 2.75) is 39.7 Å². The van der Waals surface area contributed by atoms with E-state index in [1.54, 1.807) is 48.5 Å². The second-order valence-corrected chi connectivity index (χ2v) is 10.7. The number of carbonyl (C=O) groups is 2. The zero-order valence-corrected chi connectivity index (χ0v) is 23.8. The standard InChI is InChI=1S/C28H38O9Si/c1-6-34-38(35-7-2,36-8-3)20-10-9-19-33-24-15-12-23(13-16-24)28(30)37-25-17-11-22(26(21-25)31-4)14-18-27(29)32-5/h11-18,21H,6-10,19-20H2,1-5H3/b18-14+. The smallest absolute Gasteiger partial charge is 0.496 e. The van der Waals surface area contributed by atoms with E-state index in [1.807, 2.05) is 20.8 Å². The van der Waals surface area contributed by atoms with E-state index >= 15 is 0 Å². The predicted octanol–water partition coefficient (Wildman–Crippen LogP) is 5.31. The fourth-order valence-electron chi connectivity index (χ4n) is 3.61. The van der Waals surface area contributed by atoms with Crippen molar-refractivity contribution in [3.8, 4) is 17.2 Å². The Morgan fingerprint density at radius 1 is 0.842 bits per heavy atom. The number of methoxy groups -OCH3 is 2. The van der Waals surface area contributed by atoms with Crippen LogP contribution in [0.5, 0.6) is 17.2 Å². The van der Waals surface area contributed by atoms with Gasteiger partial charge in [-0.25, -0.2) is 9.59 Å². The first kappa shape index (κ1) is 31.0. The van der Waals surface area contributed by atoms with E-state index in [0.29, 0.717) is 54.8 Å². The van der Waals surface area contributed by atoms with Crippen LogP contribution in [0.1, 0.15) is 49.5 Å². The highest BCUT2D eigenvalue weighted by atomic mass is 28.4. The maximum atomic E-state index is 12.6. The van der Waals surface area contributed by atoms with Gasteiger partial charge in [0.05, 0.1) is 26.4 Å². The monoisotopic (exact) mass is 546 g/mol. The van der Waals surface area contributed by atoms with Gasteiger partial charge in [-0.15, -0.1) is 0 Å². The number of esters is 2. The van der Waals surface area contributed by atoms with E-state index in [-0.39, 0.29) is 0 Å². The van der Waals surface area contributed by atoms with Crippen LogP contribution in [0, 0.1) is 0 Å². The Bertz CT molecular complexity index is 1020. The Morgan fingerprint density at radius 2 is 1.47 bits per heavy atom. The molecule has 0 saturated heterocycles. The minimum Gasteiger partial charge on any atom is -0.496 e. The van der Waals surface area contributed by atoms with Crippen molar-refractivity contribution in [2.24, 2.45) is 0 Å². The molecule has 0 aromatic heterocycles. The van der Waals surface area contributed by atoms with Crippen LogP contribution in [-0.2, 0) is 22.8 Å². The van der Waals surface area contributed by atoms with E-state index in [9.17, 15) is 9.59 Å². The predicted molar refractivity (Wildman–Crippen MR) is 146 cm³/mol. The fraction of sp³-hybridized carbons (Fsp3) is 0.429. The van der Waals surface area contributed by atoms with Crippen molar-refractivity contribution in [3.05, 3.63) is 59.7 Å². The maximum absolute atomic E-state index is 12.6. The summed E-state index contributed by atoms with van der Waals surface area (Å²) in [4.78, 5) is 23.9. The molecule has 0 atom stereocenters. The molecular weight excluding hydrogens is 508 g/mol. The molecule has 2 aromatic carbocycles. The average Bonchev–Trinajstić information content (AvgIpc) is 2.92. The molecule has 0 spiro atoms. The SMILES string of the molecule is CCO[Si](CCCCOc1ccc(C(=O)Oc2ccc(/C=C/C(=O)OC)c(OC)c2)cc1)(OCC)OCC. The van der Waals surface area contributed by atoms with Gasteiger partial charge >= 0.3 is 20.7 Å². The number of carbonyl (C=O) groups excluding carboxylic acids is 2. The fourth-order valence-corrected chi connectivity index (χ4v) is 6.29. The third-order valence-electron chi connectivity index (χ3n) is 5.34. The third-order valence-corrected chi connectivity index (χ3v) is 8.50. The van der Waals surface area contributed by atoms with Crippen molar-refractivity contribution >= 4 is 26.8 Å². The lowest BCUT2D eigenvalue weighted by Gasteiger charge is -2.28. The Balaban J connectivity index is 1.87. The molecule has 208 valence electrons. The lowest BCUT2D eigenvalue weighted by molar-refractivity contribution is -0.134. The minimum absolute atomic E-state index is 0.313. The average molecular weight is 547 g/mol. The molecule has 0 aliphatic heterocycles. The van der Waals surface area contributed by atoms with Crippen molar-refractivity contribution in [3.63, 3.8) is 0 Å². The lowest BCUT2D eigenvalue weighted by Crippen LogP contribution is -2.45. The second kappa shape index (κ2) is 16.6. The molecule has 0 unspecified atom stereocenters. The number of hydrogen-bond acceptors (Lipinski definition) is 9. The molecule has 9 nitrogen and oxygen atoms in total. The van der Waals surface area contributed by atoms with Crippen molar-refractivity contribution in [1.82, 2.24) is 0 Å². The summed E-state index contributed by atoms with van der Waals surface area (Å²) in [7, 11) is 0.156. The summed E-state index contributed by atoms with van der Waals surface area (Å²) in [6.07, 6.45) is 4.52. The summed E-state index contributed by atoms with van der Waals surface area (Å²) >= 11 is 0. The first-order valence-corrected chi connectivity index (χ1v) is 14.6. The lowest BCUT2D eigenvalue weighted by atomic mass is 10.1. The van der Waals surface area contributed by atoms with Crippen LogP contribution < -0.4 is 14.2 Å². The number of unbranched alkanes of at least 4 members (excludes halogenated alkanes) is 1. The zero-order valence-electron chi connectivity index (χ0n) is 22.8. The normalized spacial score (nSPS) is 11.4. The third kappa shape index (κ3) is 9.94. The summed E-state index contributed by atoms with van der Waals surface area (Å²) in [6.45, 7) is 8.04. The van der Waals surface area contributed by atoms with Gasteiger partial charge in [-0.3, -0.25) is 0 Å². The summed E-state index contributed by atoms with van der Waals surface area (Å²) in [5.74, 6) is 0.424. The molecule has 0 bridgehead atoms. The van der Waals surface area contributed by atoms with E-state index in [2.05, 4.69) is 4.74 Å². The molecule has 0 amide bonds. The Morgan fingerprint density at radius 3 is 2.05 bits per heavy atom. The van der Waals surface area contributed by atoms with Gasteiger partial charge < -0.3 is 32.2 Å². The van der Waals surface area contributed by atoms with Crippen LogP contribution in [0.3, 0.4) is 0 Å². The molecule has 0 aliphatic rings. The molecule has 0 saturated carbocycles. The highest BCUT2D eigenvalue weighted by Gasteiger charge is 2.39. The van der Waals surface area contributed by atoms with E-state index in [0.717, 1.165) is 18.9 Å². The van der Waals surface area contributed by atoms with E-state index in [4.69, 9.17) is 27.5 Å². The molecule has 0 fully saturated rings.